The van der Waals surface area contributed by atoms with Crippen LogP contribution in [0.5, 0.6) is 0 Å². The molecule has 158 valence electrons. The van der Waals surface area contributed by atoms with Crippen molar-refractivity contribution in [3.63, 3.8) is 0 Å². The fraction of sp³-hybridized carbons (Fsp3) is 0.850. The van der Waals surface area contributed by atoms with Crippen molar-refractivity contribution in [1.29, 1.82) is 0 Å². The van der Waals surface area contributed by atoms with Crippen LogP contribution >= 0.6 is 0 Å². The number of unbranched alkanes of at least 4 members (excludes halogenated alkanes) is 8. The van der Waals surface area contributed by atoms with Crippen LogP contribution in [0.4, 0.5) is 0 Å². The van der Waals surface area contributed by atoms with Crippen molar-refractivity contribution in [2.75, 3.05) is 13.2 Å². The molecule has 0 saturated carbocycles. The minimum Gasteiger partial charge on any atom is -0.464 e. The number of aliphatic imine (C=N–C) groups is 1. The van der Waals surface area contributed by atoms with Gasteiger partial charge in [-0.3, -0.25) is 9.79 Å². The first-order valence-electron chi connectivity index (χ1n) is 10.5. The number of amides is 1. The number of nitrogens with one attached hydrogen (secondary N) is 1. The van der Waals surface area contributed by atoms with Crippen LogP contribution in [-0.4, -0.2) is 37.0 Å². The number of carbonyl (C=O) groups excluding carboxylic acids is 2. The van der Waals surface area contributed by atoms with Gasteiger partial charge in [-0.2, -0.15) is 0 Å². The molecule has 0 aliphatic heterocycles. The van der Waals surface area contributed by atoms with Gasteiger partial charge < -0.3 is 21.5 Å². The Morgan fingerprint density at radius 1 is 0.926 bits per heavy atom. The van der Waals surface area contributed by atoms with Gasteiger partial charge in [-0.05, 0) is 26.2 Å². The zero-order chi connectivity index (χ0) is 20.3. The summed E-state index contributed by atoms with van der Waals surface area (Å²) in [7, 11) is 0. The Bertz CT molecular complexity index is 423. The topological polar surface area (TPSA) is 120 Å². The van der Waals surface area contributed by atoms with E-state index in [1.807, 2.05) is 0 Å². The van der Waals surface area contributed by atoms with Crippen LogP contribution < -0.4 is 16.8 Å². The summed E-state index contributed by atoms with van der Waals surface area (Å²) in [6.07, 6.45) is 12.3. The van der Waals surface area contributed by atoms with Gasteiger partial charge in [-0.1, -0.05) is 58.3 Å². The third-order valence-corrected chi connectivity index (χ3v) is 4.36. The summed E-state index contributed by atoms with van der Waals surface area (Å²) in [5, 5.41) is 2.79. The van der Waals surface area contributed by atoms with Crippen LogP contribution in [0.15, 0.2) is 4.99 Å². The molecule has 0 bridgehead atoms. The van der Waals surface area contributed by atoms with Crippen molar-refractivity contribution >= 4 is 17.8 Å². The second-order valence-electron chi connectivity index (χ2n) is 6.90. The third-order valence-electron chi connectivity index (χ3n) is 4.36. The first-order valence-corrected chi connectivity index (χ1v) is 10.5. The quantitative estimate of drug-likeness (QED) is 0.154. The van der Waals surface area contributed by atoms with Gasteiger partial charge in [0.15, 0.2) is 5.96 Å². The Morgan fingerprint density at radius 2 is 1.52 bits per heavy atom. The molecular formula is C20H40N4O3. The van der Waals surface area contributed by atoms with E-state index in [1.165, 1.54) is 44.9 Å². The fourth-order valence-electron chi connectivity index (χ4n) is 2.86. The fourth-order valence-corrected chi connectivity index (χ4v) is 2.86. The number of rotatable bonds is 17. The van der Waals surface area contributed by atoms with Crippen molar-refractivity contribution < 1.29 is 14.3 Å². The highest BCUT2D eigenvalue weighted by molar-refractivity contribution is 5.84. The van der Waals surface area contributed by atoms with Gasteiger partial charge in [0.2, 0.25) is 5.91 Å². The highest BCUT2D eigenvalue weighted by Gasteiger charge is 2.21. The molecule has 7 nitrogen and oxygen atoms in total. The minimum absolute atomic E-state index is 0.0251. The SMILES string of the molecule is CCCCCCCCCCCC(=O)N[C@@H](CCCN=C(N)N)C(=O)OCC. The Balaban J connectivity index is 3.99. The molecule has 0 heterocycles. The lowest BCUT2D eigenvalue weighted by molar-refractivity contribution is -0.147. The lowest BCUT2D eigenvalue weighted by atomic mass is 10.1. The summed E-state index contributed by atoms with van der Waals surface area (Å²) in [5.41, 5.74) is 10.6. The first kappa shape index (κ1) is 25.2. The number of hydrogen-bond acceptors (Lipinski definition) is 4. The Morgan fingerprint density at radius 3 is 2.07 bits per heavy atom. The molecule has 0 spiro atoms. The van der Waals surface area contributed by atoms with E-state index in [4.69, 9.17) is 16.2 Å². The summed E-state index contributed by atoms with van der Waals surface area (Å²) >= 11 is 0. The van der Waals surface area contributed by atoms with E-state index in [9.17, 15) is 9.59 Å². The molecule has 0 aromatic heterocycles. The maximum absolute atomic E-state index is 12.1. The number of hydrogen-bond donors (Lipinski definition) is 3. The second kappa shape index (κ2) is 17.6. The molecule has 7 heteroatoms. The number of nitrogens with two attached hydrogens (primary N) is 2. The van der Waals surface area contributed by atoms with Crippen molar-refractivity contribution in [2.45, 2.75) is 96.9 Å². The maximum Gasteiger partial charge on any atom is 0.328 e. The van der Waals surface area contributed by atoms with Gasteiger partial charge in [0.1, 0.15) is 6.04 Å². The molecule has 0 aliphatic carbocycles. The number of nitrogens with zero attached hydrogens (tertiary/aromatic N) is 1. The molecule has 5 N–H and O–H groups in total. The summed E-state index contributed by atoms with van der Waals surface area (Å²) < 4.78 is 5.04. The molecule has 0 aliphatic rings. The predicted octanol–water partition coefficient (Wildman–Crippen LogP) is 3.01. The maximum atomic E-state index is 12.1. The molecule has 0 aromatic carbocycles. The largest absolute Gasteiger partial charge is 0.464 e. The summed E-state index contributed by atoms with van der Waals surface area (Å²) in [6.45, 7) is 4.68. The molecule has 1 atom stereocenters. The minimum atomic E-state index is -0.634. The highest BCUT2D eigenvalue weighted by Crippen LogP contribution is 2.11. The van der Waals surface area contributed by atoms with Crippen molar-refractivity contribution in [3.05, 3.63) is 0 Å². The highest BCUT2D eigenvalue weighted by atomic mass is 16.5. The van der Waals surface area contributed by atoms with Crippen molar-refractivity contribution in [3.8, 4) is 0 Å². The first-order chi connectivity index (χ1) is 13.0. The van der Waals surface area contributed by atoms with E-state index >= 15 is 0 Å². The molecule has 0 radical (unpaired) electrons. The number of guanidine groups is 1. The van der Waals surface area contributed by atoms with Gasteiger partial charge in [-0.15, -0.1) is 0 Å². The monoisotopic (exact) mass is 384 g/mol. The Labute approximate surface area is 164 Å². The molecule has 0 rings (SSSR count). The van der Waals surface area contributed by atoms with Gasteiger partial charge in [0, 0.05) is 13.0 Å². The number of ether oxygens (including phenoxy) is 1. The summed E-state index contributed by atoms with van der Waals surface area (Å²) in [5.74, 6) is -0.474. The van der Waals surface area contributed by atoms with Crippen molar-refractivity contribution in [1.82, 2.24) is 5.32 Å². The predicted molar refractivity (Wildman–Crippen MR) is 110 cm³/mol. The van der Waals surface area contributed by atoms with Crippen LogP contribution in [0.25, 0.3) is 0 Å². The normalized spacial score (nSPS) is 11.6. The van der Waals surface area contributed by atoms with Crippen molar-refractivity contribution in [2.24, 2.45) is 16.5 Å². The third kappa shape index (κ3) is 16.1. The molecule has 1 amide bonds. The number of esters is 1. The molecule has 0 unspecified atom stereocenters. The molecule has 0 aromatic rings. The lowest BCUT2D eigenvalue weighted by Crippen LogP contribution is -2.42. The zero-order valence-electron chi connectivity index (χ0n) is 17.3. The zero-order valence-corrected chi connectivity index (χ0v) is 17.3. The second-order valence-corrected chi connectivity index (χ2v) is 6.90. The van der Waals surface area contributed by atoms with E-state index in [1.54, 1.807) is 6.92 Å². The standard InChI is InChI=1S/C20H40N4O3/c1-3-5-6-7-8-9-10-11-12-15-18(25)24-17(19(26)27-4-2)14-13-16-23-20(21)22/h17H,3-16H2,1-2H3,(H,24,25)(H4,21,22,23)/t17-/m0/s1. The van der Waals surface area contributed by atoms with Gasteiger partial charge in [-0.25, -0.2) is 4.79 Å². The summed E-state index contributed by atoms with van der Waals surface area (Å²) in [4.78, 5) is 28.0. The molecule has 27 heavy (non-hydrogen) atoms. The Hall–Kier alpha value is -1.79. The lowest BCUT2D eigenvalue weighted by Gasteiger charge is -2.17. The number of carbonyl (C=O) groups is 2. The van der Waals surface area contributed by atoms with Crippen LogP contribution in [0.1, 0.15) is 90.9 Å². The average Bonchev–Trinajstić information content (AvgIpc) is 2.62. The van der Waals surface area contributed by atoms with E-state index < -0.39 is 12.0 Å². The van der Waals surface area contributed by atoms with Gasteiger partial charge >= 0.3 is 5.97 Å². The van der Waals surface area contributed by atoms with Crippen LogP contribution in [0.3, 0.4) is 0 Å². The van der Waals surface area contributed by atoms with Crippen LogP contribution in [0.2, 0.25) is 0 Å². The van der Waals surface area contributed by atoms with Gasteiger partial charge in [0.25, 0.3) is 0 Å². The Kier molecular flexibility index (Phi) is 16.4. The average molecular weight is 385 g/mol. The van der Waals surface area contributed by atoms with E-state index in [-0.39, 0.29) is 18.5 Å². The molecular weight excluding hydrogens is 344 g/mol. The summed E-state index contributed by atoms with van der Waals surface area (Å²) in [6, 6.07) is -0.634. The molecule has 0 saturated heterocycles. The molecule has 0 fully saturated rings. The van der Waals surface area contributed by atoms with Crippen LogP contribution in [0, 0.1) is 0 Å². The smallest absolute Gasteiger partial charge is 0.328 e. The van der Waals surface area contributed by atoms with E-state index in [0.29, 0.717) is 25.8 Å². The van der Waals surface area contributed by atoms with E-state index in [2.05, 4.69) is 17.2 Å². The van der Waals surface area contributed by atoms with E-state index in [0.717, 1.165) is 12.8 Å². The van der Waals surface area contributed by atoms with Gasteiger partial charge in [0.05, 0.1) is 6.61 Å². The van der Waals surface area contributed by atoms with Crippen LogP contribution in [-0.2, 0) is 14.3 Å².